The molecule has 0 unspecified atom stereocenters. The van der Waals surface area contributed by atoms with Gasteiger partial charge in [-0.15, -0.1) is 6.58 Å². The van der Waals surface area contributed by atoms with Crippen molar-refractivity contribution in [2.75, 3.05) is 6.54 Å². The standard InChI is InChI=1S/C18H19N/c1-2-11-19-13-17-9-5-3-7-15(17)12-16-8-4-6-10-18(16)14-19/h2-10H,1,11-14H2. The molecule has 0 saturated carbocycles. The fraction of sp³-hybridized carbons (Fsp3) is 0.222. The first-order valence-corrected chi connectivity index (χ1v) is 6.83. The minimum Gasteiger partial charge on any atom is -0.291 e. The van der Waals surface area contributed by atoms with E-state index >= 15 is 0 Å². The highest BCUT2D eigenvalue weighted by atomic mass is 15.1. The Labute approximate surface area is 115 Å². The summed E-state index contributed by atoms with van der Waals surface area (Å²) < 4.78 is 0. The summed E-state index contributed by atoms with van der Waals surface area (Å²) >= 11 is 0. The molecule has 3 rings (SSSR count). The second kappa shape index (κ2) is 5.41. The lowest BCUT2D eigenvalue weighted by Crippen LogP contribution is -2.25. The molecule has 1 aliphatic heterocycles. The molecule has 1 heterocycles. The number of nitrogens with zero attached hydrogens (tertiary/aromatic N) is 1. The maximum atomic E-state index is 3.88. The third-order valence-electron chi connectivity index (χ3n) is 3.79. The molecule has 1 nitrogen and oxygen atoms in total. The van der Waals surface area contributed by atoms with Gasteiger partial charge in [-0.2, -0.15) is 0 Å². The van der Waals surface area contributed by atoms with Crippen LogP contribution in [0.3, 0.4) is 0 Å². The van der Waals surface area contributed by atoms with Gasteiger partial charge in [0.25, 0.3) is 0 Å². The molecule has 96 valence electrons. The maximum absolute atomic E-state index is 3.88. The van der Waals surface area contributed by atoms with Gasteiger partial charge in [-0.05, 0) is 28.7 Å². The fourth-order valence-electron chi connectivity index (χ4n) is 2.82. The molecule has 2 aromatic carbocycles. The first-order chi connectivity index (χ1) is 9.36. The van der Waals surface area contributed by atoms with Crippen LogP contribution in [0.5, 0.6) is 0 Å². The number of fused-ring (bicyclic) bond motifs is 2. The van der Waals surface area contributed by atoms with Crippen LogP contribution in [-0.4, -0.2) is 11.4 Å². The third kappa shape index (κ3) is 2.61. The Morgan fingerprint density at radius 3 is 1.79 bits per heavy atom. The molecule has 0 bridgehead atoms. The molecule has 0 spiro atoms. The molecule has 0 radical (unpaired) electrons. The molecule has 0 atom stereocenters. The molecule has 0 aliphatic carbocycles. The molecule has 2 aromatic rings. The van der Waals surface area contributed by atoms with Crippen LogP contribution in [0.1, 0.15) is 22.3 Å². The normalized spacial score (nSPS) is 14.9. The van der Waals surface area contributed by atoms with Crippen LogP contribution >= 0.6 is 0 Å². The van der Waals surface area contributed by atoms with Crippen molar-refractivity contribution in [3.63, 3.8) is 0 Å². The van der Waals surface area contributed by atoms with E-state index in [0.717, 1.165) is 26.1 Å². The van der Waals surface area contributed by atoms with Gasteiger partial charge >= 0.3 is 0 Å². The summed E-state index contributed by atoms with van der Waals surface area (Å²) in [6.07, 6.45) is 3.04. The minimum absolute atomic E-state index is 0.933. The summed E-state index contributed by atoms with van der Waals surface area (Å²) in [6.45, 7) is 6.83. The monoisotopic (exact) mass is 249 g/mol. The Kier molecular flexibility index (Phi) is 3.47. The van der Waals surface area contributed by atoms with Gasteiger partial charge in [0.2, 0.25) is 0 Å². The zero-order valence-corrected chi connectivity index (χ0v) is 11.2. The summed E-state index contributed by atoms with van der Waals surface area (Å²) in [4.78, 5) is 2.45. The summed E-state index contributed by atoms with van der Waals surface area (Å²) in [5.74, 6) is 0. The van der Waals surface area contributed by atoms with Gasteiger partial charge in [-0.25, -0.2) is 0 Å². The number of rotatable bonds is 2. The van der Waals surface area contributed by atoms with E-state index in [1.165, 1.54) is 22.3 Å². The molecule has 0 N–H and O–H groups in total. The average molecular weight is 249 g/mol. The fourth-order valence-corrected chi connectivity index (χ4v) is 2.82. The lowest BCUT2D eigenvalue weighted by atomic mass is 9.94. The largest absolute Gasteiger partial charge is 0.291 e. The van der Waals surface area contributed by atoms with Crippen molar-refractivity contribution in [1.29, 1.82) is 0 Å². The third-order valence-corrected chi connectivity index (χ3v) is 3.79. The van der Waals surface area contributed by atoms with E-state index in [1.807, 2.05) is 6.08 Å². The molecule has 0 fully saturated rings. The molecule has 0 amide bonds. The maximum Gasteiger partial charge on any atom is 0.0243 e. The van der Waals surface area contributed by atoms with Gasteiger partial charge in [-0.3, -0.25) is 4.90 Å². The predicted octanol–water partition coefficient (Wildman–Crippen LogP) is 3.78. The van der Waals surface area contributed by atoms with E-state index in [-0.39, 0.29) is 0 Å². The second-order valence-electron chi connectivity index (χ2n) is 5.17. The van der Waals surface area contributed by atoms with E-state index in [4.69, 9.17) is 0 Å². The van der Waals surface area contributed by atoms with Crippen molar-refractivity contribution >= 4 is 0 Å². The van der Waals surface area contributed by atoms with Crippen molar-refractivity contribution in [3.8, 4) is 0 Å². The second-order valence-corrected chi connectivity index (χ2v) is 5.17. The van der Waals surface area contributed by atoms with Crippen LogP contribution in [0.4, 0.5) is 0 Å². The quantitative estimate of drug-likeness (QED) is 0.732. The van der Waals surface area contributed by atoms with Crippen LogP contribution in [0.2, 0.25) is 0 Å². The summed E-state index contributed by atoms with van der Waals surface area (Å²) in [6, 6.07) is 17.6. The minimum atomic E-state index is 0.933. The molecule has 0 saturated heterocycles. The Balaban J connectivity index is 2.05. The van der Waals surface area contributed by atoms with Crippen LogP contribution in [-0.2, 0) is 19.5 Å². The molecular weight excluding hydrogens is 230 g/mol. The van der Waals surface area contributed by atoms with E-state index in [1.54, 1.807) is 0 Å². The Morgan fingerprint density at radius 2 is 1.32 bits per heavy atom. The summed E-state index contributed by atoms with van der Waals surface area (Å²) in [5.41, 5.74) is 5.78. The number of hydrogen-bond acceptors (Lipinski definition) is 1. The SMILES string of the molecule is C=CCN1Cc2ccccc2Cc2ccccc2C1. The highest BCUT2D eigenvalue weighted by molar-refractivity contribution is 5.38. The molecule has 1 aliphatic rings. The van der Waals surface area contributed by atoms with Crippen molar-refractivity contribution in [2.24, 2.45) is 0 Å². The van der Waals surface area contributed by atoms with Gasteiger partial charge < -0.3 is 0 Å². The van der Waals surface area contributed by atoms with Crippen molar-refractivity contribution in [2.45, 2.75) is 19.5 Å². The first-order valence-electron chi connectivity index (χ1n) is 6.83. The van der Waals surface area contributed by atoms with Gasteiger partial charge in [0.1, 0.15) is 0 Å². The first kappa shape index (κ1) is 12.2. The van der Waals surface area contributed by atoms with Crippen molar-refractivity contribution in [3.05, 3.63) is 83.4 Å². The van der Waals surface area contributed by atoms with E-state index < -0.39 is 0 Å². The van der Waals surface area contributed by atoms with Gasteiger partial charge in [0.05, 0.1) is 0 Å². The lowest BCUT2D eigenvalue weighted by molar-refractivity contribution is 0.282. The smallest absolute Gasteiger partial charge is 0.0243 e. The van der Waals surface area contributed by atoms with Crippen molar-refractivity contribution < 1.29 is 0 Å². The average Bonchev–Trinajstić information content (AvgIpc) is 2.41. The zero-order valence-electron chi connectivity index (χ0n) is 11.2. The van der Waals surface area contributed by atoms with E-state index in [2.05, 4.69) is 60.0 Å². The Hall–Kier alpha value is -1.86. The summed E-state index contributed by atoms with van der Waals surface area (Å²) in [7, 11) is 0. The lowest BCUT2D eigenvalue weighted by Gasteiger charge is -2.26. The zero-order chi connectivity index (χ0) is 13.1. The Morgan fingerprint density at radius 1 is 0.842 bits per heavy atom. The Bertz CT molecular complexity index is 538. The molecule has 1 heteroatoms. The van der Waals surface area contributed by atoms with Crippen LogP contribution in [0.15, 0.2) is 61.2 Å². The number of benzene rings is 2. The predicted molar refractivity (Wildman–Crippen MR) is 80.0 cm³/mol. The van der Waals surface area contributed by atoms with Crippen molar-refractivity contribution in [1.82, 2.24) is 4.90 Å². The van der Waals surface area contributed by atoms with E-state index in [9.17, 15) is 0 Å². The molecule has 0 aromatic heterocycles. The van der Waals surface area contributed by atoms with Crippen LogP contribution in [0.25, 0.3) is 0 Å². The molecular formula is C18H19N. The highest BCUT2D eigenvalue weighted by Gasteiger charge is 2.15. The summed E-state index contributed by atoms with van der Waals surface area (Å²) in [5, 5.41) is 0. The molecule has 19 heavy (non-hydrogen) atoms. The number of hydrogen-bond donors (Lipinski definition) is 0. The highest BCUT2D eigenvalue weighted by Crippen LogP contribution is 2.23. The van der Waals surface area contributed by atoms with Gasteiger partial charge in [0.15, 0.2) is 0 Å². The van der Waals surface area contributed by atoms with E-state index in [0.29, 0.717) is 0 Å². The van der Waals surface area contributed by atoms with Gasteiger partial charge in [0, 0.05) is 19.6 Å². The van der Waals surface area contributed by atoms with Gasteiger partial charge in [-0.1, -0.05) is 54.6 Å². The topological polar surface area (TPSA) is 3.24 Å². The van der Waals surface area contributed by atoms with Crippen LogP contribution < -0.4 is 0 Å². The van der Waals surface area contributed by atoms with Crippen LogP contribution in [0, 0.1) is 0 Å².